The highest BCUT2D eigenvalue weighted by atomic mass is 35.5. The van der Waals surface area contributed by atoms with Crippen LogP contribution in [0.25, 0.3) is 0 Å². The summed E-state index contributed by atoms with van der Waals surface area (Å²) < 4.78 is 0. The monoisotopic (exact) mass is 449 g/mol. The third-order valence-electron chi connectivity index (χ3n) is 5.30. The highest BCUT2D eigenvalue weighted by Gasteiger charge is 2.33. The number of carbonyl (C=O) groups excluding carboxylic acids is 2. The van der Waals surface area contributed by atoms with Crippen molar-refractivity contribution in [2.75, 3.05) is 5.32 Å². The predicted molar refractivity (Wildman–Crippen MR) is 123 cm³/mol. The van der Waals surface area contributed by atoms with Crippen LogP contribution in [0, 0.1) is 11.3 Å². The maximum atomic E-state index is 12.4. The van der Waals surface area contributed by atoms with Crippen molar-refractivity contribution in [3.05, 3.63) is 50.9 Å². The van der Waals surface area contributed by atoms with Crippen molar-refractivity contribution in [3.63, 3.8) is 0 Å². The number of primary amides is 1. The highest BCUT2D eigenvalue weighted by molar-refractivity contribution is 7.80. The highest BCUT2D eigenvalue weighted by Crippen LogP contribution is 2.44. The molecular formula is C21H24ClN3O2S2. The Morgan fingerprint density at radius 1 is 1.24 bits per heavy atom. The van der Waals surface area contributed by atoms with Crippen LogP contribution in [0.5, 0.6) is 0 Å². The molecule has 29 heavy (non-hydrogen) atoms. The van der Waals surface area contributed by atoms with E-state index < -0.39 is 5.91 Å². The van der Waals surface area contributed by atoms with Crippen LogP contribution >= 0.6 is 35.2 Å². The molecule has 0 spiro atoms. The van der Waals surface area contributed by atoms with E-state index in [1.54, 1.807) is 24.3 Å². The molecule has 0 radical (unpaired) electrons. The molecule has 5 nitrogen and oxygen atoms in total. The van der Waals surface area contributed by atoms with Gasteiger partial charge in [0.25, 0.3) is 11.8 Å². The van der Waals surface area contributed by atoms with Crippen LogP contribution in [0.15, 0.2) is 24.3 Å². The van der Waals surface area contributed by atoms with E-state index in [0.29, 0.717) is 27.1 Å². The largest absolute Gasteiger partial charge is 0.365 e. The number of fused-ring (bicyclic) bond motifs is 1. The van der Waals surface area contributed by atoms with Gasteiger partial charge in [-0.2, -0.15) is 0 Å². The molecule has 2 aromatic rings. The molecule has 0 saturated heterocycles. The Balaban J connectivity index is 1.77. The molecule has 1 aliphatic carbocycles. The number of thiophene rings is 1. The van der Waals surface area contributed by atoms with Crippen LogP contribution in [0.4, 0.5) is 5.00 Å². The minimum atomic E-state index is -0.481. The minimum absolute atomic E-state index is 0.124. The maximum Gasteiger partial charge on any atom is 0.257 e. The molecule has 0 aliphatic heterocycles. The fourth-order valence-corrected chi connectivity index (χ4v) is 5.31. The number of nitrogens with one attached hydrogen (secondary N) is 2. The van der Waals surface area contributed by atoms with Crippen molar-refractivity contribution in [3.8, 4) is 0 Å². The van der Waals surface area contributed by atoms with Gasteiger partial charge < -0.3 is 11.1 Å². The van der Waals surface area contributed by atoms with Crippen molar-refractivity contribution < 1.29 is 9.59 Å². The molecule has 0 bridgehead atoms. The number of amides is 2. The zero-order chi connectivity index (χ0) is 21.3. The zero-order valence-electron chi connectivity index (χ0n) is 16.6. The molecule has 1 aromatic carbocycles. The second-order valence-electron chi connectivity index (χ2n) is 8.29. The van der Waals surface area contributed by atoms with E-state index in [1.807, 2.05) is 0 Å². The molecule has 1 unspecified atom stereocenters. The molecule has 1 aromatic heterocycles. The van der Waals surface area contributed by atoms with Crippen molar-refractivity contribution in [2.45, 2.75) is 40.0 Å². The van der Waals surface area contributed by atoms with Crippen LogP contribution < -0.4 is 16.4 Å². The van der Waals surface area contributed by atoms with Gasteiger partial charge in [0.2, 0.25) is 0 Å². The van der Waals surface area contributed by atoms with Gasteiger partial charge in [0.15, 0.2) is 5.11 Å². The summed E-state index contributed by atoms with van der Waals surface area (Å²) in [5.41, 5.74) is 7.80. The number of carbonyl (C=O) groups is 2. The molecule has 8 heteroatoms. The van der Waals surface area contributed by atoms with Crippen LogP contribution in [0.2, 0.25) is 5.02 Å². The second kappa shape index (κ2) is 8.42. The van der Waals surface area contributed by atoms with Gasteiger partial charge in [0.1, 0.15) is 5.00 Å². The summed E-state index contributed by atoms with van der Waals surface area (Å²) in [5.74, 6) is -0.293. The van der Waals surface area contributed by atoms with E-state index >= 15 is 0 Å². The Bertz CT molecular complexity index is 962. The SMILES string of the molecule is CC(C)(C)C1CCc2c(sc(NC(=S)NC(=O)c3ccc(Cl)cc3)c2C(N)=O)C1. The smallest absolute Gasteiger partial charge is 0.257 e. The van der Waals surface area contributed by atoms with Gasteiger partial charge in [-0.1, -0.05) is 32.4 Å². The number of benzene rings is 1. The summed E-state index contributed by atoms with van der Waals surface area (Å²) in [6.07, 6.45) is 2.75. The number of halogens is 1. The first-order valence-corrected chi connectivity index (χ1v) is 11.0. The lowest BCUT2D eigenvalue weighted by Gasteiger charge is -2.33. The quantitative estimate of drug-likeness (QED) is 0.589. The lowest BCUT2D eigenvalue weighted by Crippen LogP contribution is -2.34. The van der Waals surface area contributed by atoms with Crippen LogP contribution in [-0.4, -0.2) is 16.9 Å². The molecule has 1 aliphatic rings. The topological polar surface area (TPSA) is 84.2 Å². The van der Waals surface area contributed by atoms with E-state index in [0.717, 1.165) is 24.8 Å². The van der Waals surface area contributed by atoms with Gasteiger partial charge in [-0.15, -0.1) is 11.3 Å². The van der Waals surface area contributed by atoms with E-state index in [-0.39, 0.29) is 16.4 Å². The average Bonchev–Trinajstić information content (AvgIpc) is 2.98. The zero-order valence-corrected chi connectivity index (χ0v) is 19.0. The van der Waals surface area contributed by atoms with Crippen molar-refractivity contribution in [1.29, 1.82) is 0 Å². The Hall–Kier alpha value is -1.96. The van der Waals surface area contributed by atoms with Gasteiger partial charge in [-0.25, -0.2) is 0 Å². The van der Waals surface area contributed by atoms with Gasteiger partial charge in [0.05, 0.1) is 5.56 Å². The third-order valence-corrected chi connectivity index (χ3v) is 6.92. The normalized spacial score (nSPS) is 16.1. The summed E-state index contributed by atoms with van der Waals surface area (Å²) in [5, 5.41) is 6.91. The van der Waals surface area contributed by atoms with Crippen LogP contribution in [-0.2, 0) is 12.8 Å². The number of rotatable bonds is 3. The number of nitrogens with two attached hydrogens (primary N) is 1. The fraction of sp³-hybridized carbons (Fsp3) is 0.381. The van der Waals surface area contributed by atoms with Gasteiger partial charge >= 0.3 is 0 Å². The molecule has 1 heterocycles. The third kappa shape index (κ3) is 4.97. The Kier molecular flexibility index (Phi) is 6.31. The second-order valence-corrected chi connectivity index (χ2v) is 10.2. The fourth-order valence-electron chi connectivity index (χ4n) is 3.58. The first-order valence-electron chi connectivity index (χ1n) is 9.38. The molecule has 0 fully saturated rings. The number of thiocarbonyl (C=S) groups is 1. The molecule has 1 atom stereocenters. The molecular weight excluding hydrogens is 426 g/mol. The van der Waals surface area contributed by atoms with E-state index in [4.69, 9.17) is 29.6 Å². The maximum absolute atomic E-state index is 12.4. The predicted octanol–water partition coefficient (Wildman–Crippen LogP) is 4.78. The van der Waals surface area contributed by atoms with E-state index in [1.165, 1.54) is 16.2 Å². The first-order chi connectivity index (χ1) is 13.6. The summed E-state index contributed by atoms with van der Waals surface area (Å²) >= 11 is 12.6. The lowest BCUT2D eigenvalue weighted by molar-refractivity contribution is 0.0975. The van der Waals surface area contributed by atoms with Crippen molar-refractivity contribution in [1.82, 2.24) is 5.32 Å². The van der Waals surface area contributed by atoms with Crippen LogP contribution in [0.1, 0.15) is 58.3 Å². The molecule has 0 saturated carbocycles. The van der Waals surface area contributed by atoms with Gasteiger partial charge in [-0.05, 0) is 72.6 Å². The Morgan fingerprint density at radius 3 is 2.48 bits per heavy atom. The van der Waals surface area contributed by atoms with Crippen LogP contribution in [0.3, 0.4) is 0 Å². The molecule has 2 amide bonds. The first kappa shape index (κ1) is 21.7. The Labute approximate surface area is 185 Å². The standard InChI is InChI=1S/C21H24ClN3O2S2/c1-21(2,3)12-6-9-14-15(10-12)29-19(16(14)17(23)26)25-20(28)24-18(27)11-4-7-13(22)8-5-11/h4-5,7-8,12H,6,9-10H2,1-3H3,(H2,23,26)(H2,24,25,27,28). The number of hydrogen-bond acceptors (Lipinski definition) is 4. The number of hydrogen-bond donors (Lipinski definition) is 3. The van der Waals surface area contributed by atoms with E-state index in [9.17, 15) is 9.59 Å². The van der Waals surface area contributed by atoms with Crippen molar-refractivity contribution in [2.24, 2.45) is 17.1 Å². The van der Waals surface area contributed by atoms with Gasteiger partial charge in [-0.3, -0.25) is 14.9 Å². The number of anilines is 1. The Morgan fingerprint density at radius 2 is 1.90 bits per heavy atom. The molecule has 154 valence electrons. The van der Waals surface area contributed by atoms with Gasteiger partial charge in [0, 0.05) is 15.5 Å². The summed E-state index contributed by atoms with van der Waals surface area (Å²) in [4.78, 5) is 25.7. The summed E-state index contributed by atoms with van der Waals surface area (Å²) in [6, 6.07) is 6.51. The summed E-state index contributed by atoms with van der Waals surface area (Å²) in [7, 11) is 0. The minimum Gasteiger partial charge on any atom is -0.365 e. The lowest BCUT2D eigenvalue weighted by atomic mass is 9.72. The van der Waals surface area contributed by atoms with E-state index in [2.05, 4.69) is 31.4 Å². The van der Waals surface area contributed by atoms with Crippen molar-refractivity contribution >= 4 is 57.1 Å². The molecule has 3 rings (SSSR count). The summed E-state index contributed by atoms with van der Waals surface area (Å²) in [6.45, 7) is 6.73. The molecule has 4 N–H and O–H groups in total. The average molecular weight is 450 g/mol.